The van der Waals surface area contributed by atoms with Crippen LogP contribution < -0.4 is 15.9 Å². The Bertz CT molecular complexity index is 727. The van der Waals surface area contributed by atoms with Crippen molar-refractivity contribution in [2.75, 3.05) is 6.16 Å². The summed E-state index contributed by atoms with van der Waals surface area (Å²) < 4.78 is 0. The molecule has 0 amide bonds. The molecule has 3 rings (SSSR count). The number of hydrogen-bond acceptors (Lipinski definition) is 0. The highest BCUT2D eigenvalue weighted by molar-refractivity contribution is 7.95. The topological polar surface area (TPSA) is 0 Å². The van der Waals surface area contributed by atoms with Crippen LogP contribution in [0, 0.1) is 11.8 Å². The van der Waals surface area contributed by atoms with Gasteiger partial charge < -0.3 is 0 Å². The molecule has 0 aliphatic heterocycles. The second kappa shape index (κ2) is 10.7. The van der Waals surface area contributed by atoms with Crippen LogP contribution in [0.2, 0.25) is 0 Å². The van der Waals surface area contributed by atoms with Gasteiger partial charge in [-0.3, -0.25) is 0 Å². The Labute approximate surface area is 178 Å². The first-order valence-corrected chi connectivity index (χ1v) is 13.1. The van der Waals surface area contributed by atoms with Gasteiger partial charge in [-0.1, -0.05) is 94.6 Å². The monoisotopic (exact) mass is 403 g/mol. The summed E-state index contributed by atoms with van der Waals surface area (Å²) in [6.45, 7) is 7.12. The summed E-state index contributed by atoms with van der Waals surface area (Å²) >= 11 is 0. The van der Waals surface area contributed by atoms with E-state index >= 15 is 0 Å². The van der Waals surface area contributed by atoms with E-state index < -0.39 is 7.26 Å². The van der Waals surface area contributed by atoms with Gasteiger partial charge in [-0.2, -0.15) is 0 Å². The van der Waals surface area contributed by atoms with Crippen molar-refractivity contribution >= 4 is 23.2 Å². The van der Waals surface area contributed by atoms with Gasteiger partial charge in [0.15, 0.2) is 0 Å². The maximum Gasteiger partial charge on any atom is 0.112 e. The van der Waals surface area contributed by atoms with Gasteiger partial charge in [0.05, 0.1) is 6.16 Å². The molecule has 0 N–H and O–H groups in total. The van der Waals surface area contributed by atoms with Crippen LogP contribution in [0.15, 0.2) is 91.0 Å². The molecule has 0 nitrogen and oxygen atoms in total. The lowest BCUT2D eigenvalue weighted by Gasteiger charge is -2.28. The zero-order valence-corrected chi connectivity index (χ0v) is 19.2. The standard InChI is InChI=1S/C28H36P/c1-24(2)14-13-15-25(3)22-23-29(26-16-7-4-8-17-26,27-18-9-5-10-19-27)28-20-11-6-12-21-28/h4-12,16-21,24-25H,13-15,22-23H2,1-3H3/q+1/t25-/m0/s1. The SMILES string of the molecule is CC(C)CCC[C@H](C)CC[P+](c1ccccc1)(c1ccccc1)c1ccccc1. The fourth-order valence-electron chi connectivity index (χ4n) is 4.31. The van der Waals surface area contributed by atoms with Crippen LogP contribution in [0.25, 0.3) is 0 Å². The molecule has 152 valence electrons. The normalized spacial score (nSPS) is 12.8. The summed E-state index contributed by atoms with van der Waals surface area (Å²) in [5.41, 5.74) is 0. The van der Waals surface area contributed by atoms with E-state index in [-0.39, 0.29) is 0 Å². The largest absolute Gasteiger partial charge is 0.112 e. The predicted molar refractivity (Wildman–Crippen MR) is 132 cm³/mol. The Morgan fingerprint density at radius 1 is 0.552 bits per heavy atom. The molecule has 1 heteroatoms. The molecule has 0 bridgehead atoms. The smallest absolute Gasteiger partial charge is 0.0628 e. The second-order valence-electron chi connectivity index (χ2n) is 8.76. The van der Waals surface area contributed by atoms with Crippen LogP contribution in [0.5, 0.6) is 0 Å². The van der Waals surface area contributed by atoms with E-state index in [4.69, 9.17) is 0 Å². The zero-order valence-electron chi connectivity index (χ0n) is 18.3. The highest BCUT2D eigenvalue weighted by atomic mass is 31.2. The Kier molecular flexibility index (Phi) is 8.08. The van der Waals surface area contributed by atoms with E-state index in [1.165, 1.54) is 47.8 Å². The van der Waals surface area contributed by atoms with Gasteiger partial charge in [-0.15, -0.1) is 0 Å². The molecule has 0 fully saturated rings. The Balaban J connectivity index is 1.97. The maximum atomic E-state index is 2.45. The Morgan fingerprint density at radius 3 is 1.34 bits per heavy atom. The van der Waals surface area contributed by atoms with Crippen molar-refractivity contribution in [1.82, 2.24) is 0 Å². The van der Waals surface area contributed by atoms with E-state index in [0.717, 1.165) is 11.8 Å². The average molecular weight is 404 g/mol. The molecule has 1 atom stereocenters. The first-order chi connectivity index (χ1) is 14.1. The van der Waals surface area contributed by atoms with E-state index in [1.807, 2.05) is 0 Å². The lowest BCUT2D eigenvalue weighted by Crippen LogP contribution is -2.33. The first-order valence-electron chi connectivity index (χ1n) is 11.2. The molecule has 0 spiro atoms. The summed E-state index contributed by atoms with van der Waals surface area (Å²) in [5, 5.41) is 4.52. The van der Waals surface area contributed by atoms with Crippen LogP contribution in [-0.4, -0.2) is 6.16 Å². The fourth-order valence-corrected chi connectivity index (χ4v) is 8.86. The predicted octanol–water partition coefficient (Wildman–Crippen LogP) is 6.83. The molecule has 3 aromatic rings. The Morgan fingerprint density at radius 2 is 0.966 bits per heavy atom. The molecule has 0 unspecified atom stereocenters. The van der Waals surface area contributed by atoms with E-state index in [2.05, 4.69) is 112 Å². The highest BCUT2D eigenvalue weighted by Crippen LogP contribution is 2.56. The van der Waals surface area contributed by atoms with Gasteiger partial charge in [-0.25, -0.2) is 0 Å². The molecular weight excluding hydrogens is 367 g/mol. The molecular formula is C28H36P+. The molecule has 0 saturated carbocycles. The van der Waals surface area contributed by atoms with Gasteiger partial charge >= 0.3 is 0 Å². The molecule has 3 aromatic carbocycles. The highest BCUT2D eigenvalue weighted by Gasteiger charge is 2.44. The van der Waals surface area contributed by atoms with Crippen molar-refractivity contribution in [3.63, 3.8) is 0 Å². The minimum absolute atomic E-state index is 0.768. The van der Waals surface area contributed by atoms with Gasteiger partial charge in [-0.05, 0) is 54.7 Å². The number of rotatable bonds is 10. The molecule has 0 aliphatic rings. The molecule has 0 saturated heterocycles. The minimum atomic E-state index is -1.66. The third-order valence-corrected chi connectivity index (χ3v) is 10.5. The molecule has 0 heterocycles. The van der Waals surface area contributed by atoms with Crippen LogP contribution in [0.3, 0.4) is 0 Å². The summed E-state index contributed by atoms with van der Waals surface area (Å²) in [4.78, 5) is 0. The zero-order chi connectivity index (χ0) is 20.5. The third kappa shape index (κ3) is 5.58. The summed E-state index contributed by atoms with van der Waals surface area (Å²) in [7, 11) is -1.66. The third-order valence-electron chi connectivity index (χ3n) is 6.03. The van der Waals surface area contributed by atoms with E-state index in [0.29, 0.717) is 0 Å². The second-order valence-corrected chi connectivity index (χ2v) is 12.4. The van der Waals surface area contributed by atoms with Crippen molar-refractivity contribution in [2.24, 2.45) is 11.8 Å². The van der Waals surface area contributed by atoms with Crippen LogP contribution >= 0.6 is 7.26 Å². The van der Waals surface area contributed by atoms with Crippen molar-refractivity contribution < 1.29 is 0 Å². The quantitative estimate of drug-likeness (QED) is 0.325. The molecule has 0 aromatic heterocycles. The maximum absolute atomic E-state index is 2.45. The average Bonchev–Trinajstić information content (AvgIpc) is 2.76. The van der Waals surface area contributed by atoms with E-state index in [1.54, 1.807) is 0 Å². The number of hydrogen-bond donors (Lipinski definition) is 0. The van der Waals surface area contributed by atoms with Gasteiger partial charge in [0.1, 0.15) is 23.2 Å². The first kappa shape index (κ1) is 21.8. The van der Waals surface area contributed by atoms with Gasteiger partial charge in [0.2, 0.25) is 0 Å². The van der Waals surface area contributed by atoms with Crippen LogP contribution in [0.1, 0.15) is 46.5 Å². The van der Waals surface area contributed by atoms with Gasteiger partial charge in [0.25, 0.3) is 0 Å². The molecule has 0 radical (unpaired) electrons. The Hall–Kier alpha value is -1.91. The van der Waals surface area contributed by atoms with Crippen LogP contribution in [0.4, 0.5) is 0 Å². The summed E-state index contributed by atoms with van der Waals surface area (Å²) in [6.07, 6.45) is 6.57. The lowest BCUT2D eigenvalue weighted by molar-refractivity contribution is 0.450. The van der Waals surface area contributed by atoms with Gasteiger partial charge in [0, 0.05) is 0 Å². The van der Waals surface area contributed by atoms with Crippen molar-refractivity contribution in [2.45, 2.75) is 46.5 Å². The summed E-state index contributed by atoms with van der Waals surface area (Å²) in [5.74, 6) is 1.58. The fraction of sp³-hybridized carbons (Fsp3) is 0.357. The van der Waals surface area contributed by atoms with Crippen molar-refractivity contribution in [3.05, 3.63) is 91.0 Å². The lowest BCUT2D eigenvalue weighted by atomic mass is 9.98. The molecule has 29 heavy (non-hydrogen) atoms. The molecule has 0 aliphatic carbocycles. The minimum Gasteiger partial charge on any atom is -0.0628 e. The number of benzene rings is 3. The van der Waals surface area contributed by atoms with Crippen molar-refractivity contribution in [3.8, 4) is 0 Å². The van der Waals surface area contributed by atoms with E-state index in [9.17, 15) is 0 Å². The van der Waals surface area contributed by atoms with Crippen LogP contribution in [-0.2, 0) is 0 Å². The summed E-state index contributed by atoms with van der Waals surface area (Å²) in [6, 6.07) is 33.8. The van der Waals surface area contributed by atoms with Crippen molar-refractivity contribution in [1.29, 1.82) is 0 Å².